The molecular weight excluding hydrogens is 342 g/mol. The average molecular weight is 363 g/mol. The molecule has 0 atom stereocenters. The quantitative estimate of drug-likeness (QED) is 0.654. The predicted octanol–water partition coefficient (Wildman–Crippen LogP) is 2.89. The maximum Gasteiger partial charge on any atom is 0.280 e. The lowest BCUT2D eigenvalue weighted by atomic mass is 10.1. The van der Waals surface area contributed by atoms with Crippen molar-refractivity contribution < 1.29 is 9.59 Å². The van der Waals surface area contributed by atoms with Crippen LogP contribution in [0.4, 0.5) is 0 Å². The molecule has 3 rings (SSSR count). The highest BCUT2D eigenvalue weighted by molar-refractivity contribution is 6.02. The van der Waals surface area contributed by atoms with Crippen molar-refractivity contribution >= 4 is 22.6 Å². The van der Waals surface area contributed by atoms with Gasteiger partial charge in [0.25, 0.3) is 5.56 Å². The van der Waals surface area contributed by atoms with Crippen LogP contribution in [-0.4, -0.2) is 27.9 Å². The van der Waals surface area contributed by atoms with Gasteiger partial charge >= 0.3 is 0 Å². The van der Waals surface area contributed by atoms with Crippen molar-refractivity contribution in [1.82, 2.24) is 9.66 Å². The van der Waals surface area contributed by atoms with Crippen molar-refractivity contribution in [2.24, 2.45) is 0 Å². The molecule has 0 radical (unpaired) electrons. The van der Waals surface area contributed by atoms with E-state index >= 15 is 0 Å². The van der Waals surface area contributed by atoms with Gasteiger partial charge in [-0.2, -0.15) is 4.68 Å². The first-order chi connectivity index (χ1) is 12.9. The van der Waals surface area contributed by atoms with E-state index in [1.807, 2.05) is 26.0 Å². The van der Waals surface area contributed by atoms with E-state index in [2.05, 4.69) is 4.98 Å². The van der Waals surface area contributed by atoms with Crippen LogP contribution in [0.5, 0.6) is 0 Å². The van der Waals surface area contributed by atoms with E-state index in [0.29, 0.717) is 22.3 Å². The third kappa shape index (κ3) is 3.65. The third-order valence-electron chi connectivity index (χ3n) is 4.29. The summed E-state index contributed by atoms with van der Waals surface area (Å²) in [6.07, 6.45) is 0. The second-order valence-electron chi connectivity index (χ2n) is 6.62. The number of fused-ring (bicyclic) bond motifs is 1. The van der Waals surface area contributed by atoms with Gasteiger partial charge in [-0.25, -0.2) is 9.99 Å². The summed E-state index contributed by atoms with van der Waals surface area (Å²) in [5.41, 5.74) is 0.692. The lowest BCUT2D eigenvalue weighted by Crippen LogP contribution is -2.50. The maximum absolute atomic E-state index is 13.1. The van der Waals surface area contributed by atoms with E-state index in [4.69, 9.17) is 0 Å². The first-order valence-corrected chi connectivity index (χ1v) is 8.78. The fourth-order valence-electron chi connectivity index (χ4n) is 2.92. The van der Waals surface area contributed by atoms with Gasteiger partial charge in [-0.3, -0.25) is 14.4 Å². The summed E-state index contributed by atoms with van der Waals surface area (Å²) in [4.78, 5) is 42.7. The lowest BCUT2D eigenvalue weighted by Gasteiger charge is -2.26. The summed E-state index contributed by atoms with van der Waals surface area (Å²) in [5.74, 6) is -0.327. The fourth-order valence-corrected chi connectivity index (χ4v) is 2.92. The molecule has 0 aliphatic heterocycles. The highest BCUT2D eigenvalue weighted by Crippen LogP contribution is 2.16. The number of amides is 1. The number of para-hydroxylation sites is 1. The van der Waals surface area contributed by atoms with E-state index in [-0.39, 0.29) is 23.8 Å². The molecule has 27 heavy (non-hydrogen) atoms. The van der Waals surface area contributed by atoms with Crippen LogP contribution in [-0.2, 0) is 4.79 Å². The van der Waals surface area contributed by atoms with Crippen molar-refractivity contribution in [3.8, 4) is 0 Å². The average Bonchev–Trinajstić information content (AvgIpc) is 2.66. The number of ketones is 1. The zero-order chi connectivity index (χ0) is 19.6. The highest BCUT2D eigenvalue weighted by atomic mass is 16.2. The van der Waals surface area contributed by atoms with Gasteiger partial charge in [0.1, 0.15) is 12.4 Å². The van der Waals surface area contributed by atoms with Gasteiger partial charge in [-0.15, -0.1) is 0 Å². The monoisotopic (exact) mass is 363 g/mol. The largest absolute Gasteiger partial charge is 0.292 e. The van der Waals surface area contributed by atoms with Gasteiger partial charge in [-0.05, 0) is 12.1 Å². The summed E-state index contributed by atoms with van der Waals surface area (Å²) in [7, 11) is 0. The molecule has 6 heteroatoms. The van der Waals surface area contributed by atoms with E-state index < -0.39 is 5.91 Å². The molecule has 6 nitrogen and oxygen atoms in total. The first kappa shape index (κ1) is 18.5. The Hall–Kier alpha value is -3.28. The van der Waals surface area contributed by atoms with Crippen LogP contribution >= 0.6 is 0 Å². The first-order valence-electron chi connectivity index (χ1n) is 8.78. The molecule has 138 valence electrons. The predicted molar refractivity (Wildman–Crippen MR) is 105 cm³/mol. The summed E-state index contributed by atoms with van der Waals surface area (Å²) in [6.45, 7) is 4.89. The minimum Gasteiger partial charge on any atom is -0.292 e. The van der Waals surface area contributed by atoms with E-state index in [0.717, 1.165) is 0 Å². The Kier molecular flexibility index (Phi) is 5.16. The number of carbonyl (C=O) groups is 2. The molecule has 1 amide bonds. The van der Waals surface area contributed by atoms with E-state index in [1.54, 1.807) is 42.5 Å². The van der Waals surface area contributed by atoms with Crippen molar-refractivity contribution in [1.29, 1.82) is 0 Å². The van der Waals surface area contributed by atoms with Crippen molar-refractivity contribution in [2.75, 3.05) is 11.6 Å². The van der Waals surface area contributed by atoms with Crippen LogP contribution in [0.25, 0.3) is 10.9 Å². The number of aromatic nitrogens is 2. The number of nitrogens with zero attached hydrogens (tertiary/aromatic N) is 3. The molecule has 0 saturated heterocycles. The molecule has 0 aliphatic carbocycles. The highest BCUT2D eigenvalue weighted by Gasteiger charge is 2.23. The molecule has 0 saturated carbocycles. The van der Waals surface area contributed by atoms with Crippen LogP contribution in [0.2, 0.25) is 0 Å². The van der Waals surface area contributed by atoms with Crippen molar-refractivity contribution in [2.45, 2.75) is 26.7 Å². The standard InChI is InChI=1S/C21H21N3O3/c1-14(2)20-22-18-12-8-7-11-17(18)21(27)24(20)23(15(3)25)13-19(26)16-9-5-4-6-10-16/h4-12,14H,13H2,1-3H3. The number of Topliss-reactive ketones (excluding diaryl/α,β-unsaturated/α-hetero) is 1. The molecule has 0 bridgehead atoms. The SMILES string of the molecule is CC(=O)N(CC(=O)c1ccccc1)n1c(C(C)C)nc2ccccc2c1=O. The Morgan fingerprint density at radius 2 is 1.67 bits per heavy atom. The van der Waals surface area contributed by atoms with Crippen LogP contribution in [0, 0.1) is 0 Å². The van der Waals surface area contributed by atoms with E-state index in [1.165, 1.54) is 16.6 Å². The molecule has 3 aromatic rings. The molecule has 0 N–H and O–H groups in total. The molecule has 0 fully saturated rings. The Labute approximate surface area is 157 Å². The minimum absolute atomic E-state index is 0.115. The smallest absolute Gasteiger partial charge is 0.280 e. The van der Waals surface area contributed by atoms with Crippen molar-refractivity contribution in [3.63, 3.8) is 0 Å². The minimum atomic E-state index is -0.402. The van der Waals surface area contributed by atoms with Crippen LogP contribution < -0.4 is 10.6 Å². The van der Waals surface area contributed by atoms with Gasteiger partial charge in [0.05, 0.1) is 10.9 Å². The second-order valence-corrected chi connectivity index (χ2v) is 6.62. The summed E-state index contributed by atoms with van der Waals surface area (Å²) in [6, 6.07) is 15.7. The fraction of sp³-hybridized carbons (Fsp3) is 0.238. The number of hydrogen-bond donors (Lipinski definition) is 0. The maximum atomic E-state index is 13.1. The third-order valence-corrected chi connectivity index (χ3v) is 4.29. The Morgan fingerprint density at radius 1 is 1.04 bits per heavy atom. The van der Waals surface area contributed by atoms with Crippen LogP contribution in [0.15, 0.2) is 59.4 Å². The van der Waals surface area contributed by atoms with Crippen LogP contribution in [0.1, 0.15) is 42.9 Å². The summed E-state index contributed by atoms with van der Waals surface area (Å²) < 4.78 is 1.25. The Morgan fingerprint density at radius 3 is 2.30 bits per heavy atom. The lowest BCUT2D eigenvalue weighted by molar-refractivity contribution is -0.118. The molecular formula is C21H21N3O3. The molecule has 0 unspecified atom stereocenters. The molecule has 0 spiro atoms. The van der Waals surface area contributed by atoms with E-state index in [9.17, 15) is 14.4 Å². The second kappa shape index (κ2) is 7.53. The molecule has 0 aliphatic rings. The molecule has 1 heterocycles. The number of carbonyl (C=O) groups excluding carboxylic acids is 2. The zero-order valence-electron chi connectivity index (χ0n) is 15.5. The van der Waals surface area contributed by atoms with Gasteiger partial charge in [0.15, 0.2) is 5.78 Å². The van der Waals surface area contributed by atoms with Gasteiger partial charge < -0.3 is 0 Å². The zero-order valence-corrected chi connectivity index (χ0v) is 15.5. The summed E-state index contributed by atoms with van der Waals surface area (Å²) in [5, 5.41) is 1.58. The Balaban J connectivity index is 2.15. The topological polar surface area (TPSA) is 72.3 Å². The van der Waals surface area contributed by atoms with Gasteiger partial charge in [-0.1, -0.05) is 56.3 Å². The number of hydrogen-bond acceptors (Lipinski definition) is 4. The van der Waals surface area contributed by atoms with Gasteiger partial charge in [0.2, 0.25) is 5.91 Å². The number of benzene rings is 2. The number of rotatable bonds is 5. The van der Waals surface area contributed by atoms with Crippen molar-refractivity contribution in [3.05, 3.63) is 76.3 Å². The van der Waals surface area contributed by atoms with Gasteiger partial charge in [0, 0.05) is 18.4 Å². The van der Waals surface area contributed by atoms with Crippen LogP contribution in [0.3, 0.4) is 0 Å². The molecule has 1 aromatic heterocycles. The summed E-state index contributed by atoms with van der Waals surface area (Å²) >= 11 is 0. The Bertz CT molecular complexity index is 1060. The normalized spacial score (nSPS) is 11.0. The molecule has 2 aromatic carbocycles.